The lowest BCUT2D eigenvalue weighted by molar-refractivity contribution is -0.147. The zero-order valence-corrected chi connectivity index (χ0v) is 19.7. The Bertz CT molecular complexity index is 905. The summed E-state index contributed by atoms with van der Waals surface area (Å²) in [4.78, 5) is 13.7. The number of hydrogen-bond acceptors (Lipinski definition) is 7. The third-order valence-electron chi connectivity index (χ3n) is 6.65. The molecule has 1 N–H and O–H groups in total. The predicted octanol–water partition coefficient (Wildman–Crippen LogP) is 4.22. The molecule has 0 spiro atoms. The van der Waals surface area contributed by atoms with E-state index < -0.39 is 5.97 Å². The number of carboxylic acid groups (broad SMARTS) is 1. The number of nitrogens with zero attached hydrogens (tertiary/aromatic N) is 2. The van der Waals surface area contributed by atoms with E-state index in [0.717, 1.165) is 50.0 Å². The maximum atomic E-state index is 11.3. The standard InChI is InChI=1S/C25H36N2O6/c1-17(2)16-32-21-4-3-5-22-23(21)24(26-33-22)31-12-8-18-6-10-27(11-7-18)15-20-14-19(25(28)29)9-13-30-20/h3-5,17-20H,6-16H2,1-2H3,(H,28,29). The Hall–Kier alpha value is -2.32. The van der Waals surface area contributed by atoms with Crippen LogP contribution >= 0.6 is 0 Å². The van der Waals surface area contributed by atoms with Crippen LogP contribution in [0.15, 0.2) is 22.7 Å². The summed E-state index contributed by atoms with van der Waals surface area (Å²) in [6.45, 7) is 8.87. The van der Waals surface area contributed by atoms with E-state index in [9.17, 15) is 9.90 Å². The van der Waals surface area contributed by atoms with Gasteiger partial charge in [-0.2, -0.15) is 0 Å². The summed E-state index contributed by atoms with van der Waals surface area (Å²) in [7, 11) is 0. The van der Waals surface area contributed by atoms with Crippen molar-refractivity contribution in [3.05, 3.63) is 18.2 Å². The lowest BCUT2D eigenvalue weighted by Gasteiger charge is -2.36. The molecule has 2 saturated heterocycles. The van der Waals surface area contributed by atoms with Crippen molar-refractivity contribution in [3.8, 4) is 11.6 Å². The molecule has 4 rings (SSSR count). The first-order valence-electron chi connectivity index (χ1n) is 12.2. The number of aliphatic carboxylic acids is 1. The van der Waals surface area contributed by atoms with Crippen molar-refractivity contribution in [3.63, 3.8) is 0 Å². The van der Waals surface area contributed by atoms with Crippen molar-refractivity contribution in [2.24, 2.45) is 17.8 Å². The second kappa shape index (κ2) is 11.2. The number of benzene rings is 1. The summed E-state index contributed by atoms with van der Waals surface area (Å²) in [5.41, 5.74) is 0.676. The van der Waals surface area contributed by atoms with E-state index in [0.29, 0.717) is 56.0 Å². The summed E-state index contributed by atoms with van der Waals surface area (Å²) in [5.74, 6) is 1.33. The predicted molar refractivity (Wildman–Crippen MR) is 124 cm³/mol. The summed E-state index contributed by atoms with van der Waals surface area (Å²) in [6, 6.07) is 5.71. The number of carbonyl (C=O) groups is 1. The van der Waals surface area contributed by atoms with Gasteiger partial charge in [0, 0.05) is 13.2 Å². The molecule has 1 aromatic carbocycles. The van der Waals surface area contributed by atoms with Gasteiger partial charge in [0.15, 0.2) is 5.58 Å². The van der Waals surface area contributed by atoms with Crippen molar-refractivity contribution in [2.75, 3.05) is 39.5 Å². The molecule has 0 saturated carbocycles. The fraction of sp³-hybridized carbons (Fsp3) is 0.680. The van der Waals surface area contributed by atoms with Crippen LogP contribution in [0.5, 0.6) is 11.6 Å². The molecule has 2 unspecified atom stereocenters. The van der Waals surface area contributed by atoms with Gasteiger partial charge in [0.05, 0.1) is 25.2 Å². The highest BCUT2D eigenvalue weighted by Crippen LogP contribution is 2.34. The summed E-state index contributed by atoms with van der Waals surface area (Å²) in [5, 5.41) is 14.2. The number of likely N-dealkylation sites (tertiary alicyclic amines) is 1. The third kappa shape index (κ3) is 6.38. The van der Waals surface area contributed by atoms with Crippen LogP contribution in [-0.2, 0) is 9.53 Å². The molecule has 8 heteroatoms. The summed E-state index contributed by atoms with van der Waals surface area (Å²) >= 11 is 0. The smallest absolute Gasteiger partial charge is 0.306 e. The largest absolute Gasteiger partial charge is 0.492 e. The first-order valence-corrected chi connectivity index (χ1v) is 12.2. The van der Waals surface area contributed by atoms with Gasteiger partial charge in [-0.1, -0.05) is 19.9 Å². The Labute approximate surface area is 195 Å². The Morgan fingerprint density at radius 1 is 1.24 bits per heavy atom. The molecule has 2 fully saturated rings. The lowest BCUT2D eigenvalue weighted by atomic mass is 9.92. The van der Waals surface area contributed by atoms with Crippen LogP contribution in [0.1, 0.15) is 46.0 Å². The number of rotatable bonds is 10. The second-order valence-electron chi connectivity index (χ2n) is 9.76. The van der Waals surface area contributed by atoms with Gasteiger partial charge >= 0.3 is 5.97 Å². The molecule has 2 aliphatic heterocycles. The monoisotopic (exact) mass is 460 g/mol. The van der Waals surface area contributed by atoms with Crippen LogP contribution in [-0.4, -0.2) is 66.7 Å². The minimum Gasteiger partial charge on any atom is -0.492 e. The zero-order valence-electron chi connectivity index (χ0n) is 19.7. The van der Waals surface area contributed by atoms with E-state index in [1.807, 2.05) is 18.2 Å². The molecule has 2 atom stereocenters. The van der Waals surface area contributed by atoms with Crippen molar-refractivity contribution in [2.45, 2.75) is 52.1 Å². The molecule has 0 amide bonds. The van der Waals surface area contributed by atoms with Crippen LogP contribution in [0, 0.1) is 17.8 Å². The Balaban J connectivity index is 1.21. The maximum absolute atomic E-state index is 11.3. The van der Waals surface area contributed by atoms with E-state index >= 15 is 0 Å². The molecular weight excluding hydrogens is 424 g/mol. The van der Waals surface area contributed by atoms with E-state index in [1.54, 1.807) is 0 Å². The maximum Gasteiger partial charge on any atom is 0.306 e. The van der Waals surface area contributed by atoms with Crippen molar-refractivity contribution >= 4 is 16.9 Å². The van der Waals surface area contributed by atoms with E-state index in [-0.39, 0.29) is 12.0 Å². The molecular formula is C25H36N2O6. The van der Waals surface area contributed by atoms with Crippen LogP contribution in [0.2, 0.25) is 0 Å². The molecule has 0 aliphatic carbocycles. The highest BCUT2D eigenvalue weighted by molar-refractivity contribution is 5.88. The van der Waals surface area contributed by atoms with Gasteiger partial charge in [-0.15, -0.1) is 0 Å². The van der Waals surface area contributed by atoms with Gasteiger partial charge < -0.3 is 28.7 Å². The average Bonchev–Trinajstić information content (AvgIpc) is 3.23. The number of aromatic nitrogens is 1. The van der Waals surface area contributed by atoms with E-state index in [2.05, 4.69) is 23.9 Å². The van der Waals surface area contributed by atoms with Crippen LogP contribution in [0.25, 0.3) is 11.0 Å². The number of carboxylic acids is 1. The van der Waals surface area contributed by atoms with Crippen molar-refractivity contribution < 1.29 is 28.6 Å². The SMILES string of the molecule is CC(C)COc1cccc2onc(OCCC3CCN(CC4CC(C(=O)O)CCO4)CC3)c12. The van der Waals surface area contributed by atoms with Crippen LogP contribution in [0.4, 0.5) is 0 Å². The molecule has 2 aliphatic rings. The normalized spacial score (nSPS) is 22.6. The Morgan fingerprint density at radius 2 is 2.06 bits per heavy atom. The van der Waals surface area contributed by atoms with E-state index in [1.165, 1.54) is 0 Å². The Morgan fingerprint density at radius 3 is 2.82 bits per heavy atom. The molecule has 0 bridgehead atoms. The fourth-order valence-electron chi connectivity index (χ4n) is 4.71. The van der Waals surface area contributed by atoms with Gasteiger partial charge in [-0.05, 0) is 74.3 Å². The van der Waals surface area contributed by atoms with Crippen molar-refractivity contribution in [1.82, 2.24) is 10.1 Å². The quantitative estimate of drug-likeness (QED) is 0.563. The second-order valence-corrected chi connectivity index (χ2v) is 9.76. The molecule has 8 nitrogen and oxygen atoms in total. The molecule has 1 aromatic heterocycles. The highest BCUT2D eigenvalue weighted by atomic mass is 16.5. The topological polar surface area (TPSA) is 94.3 Å². The molecule has 2 aromatic rings. The average molecular weight is 461 g/mol. The third-order valence-corrected chi connectivity index (χ3v) is 6.65. The van der Waals surface area contributed by atoms with Gasteiger partial charge in [-0.25, -0.2) is 0 Å². The van der Waals surface area contributed by atoms with Gasteiger partial charge in [0.25, 0.3) is 5.88 Å². The van der Waals surface area contributed by atoms with Gasteiger partial charge in [0.2, 0.25) is 0 Å². The minimum absolute atomic E-state index is 0.0345. The zero-order chi connectivity index (χ0) is 23.2. The molecule has 0 radical (unpaired) electrons. The van der Waals surface area contributed by atoms with Gasteiger partial charge in [0.1, 0.15) is 11.1 Å². The van der Waals surface area contributed by atoms with E-state index in [4.69, 9.17) is 18.7 Å². The first kappa shape index (κ1) is 23.8. The number of ether oxygens (including phenoxy) is 3. The summed E-state index contributed by atoms with van der Waals surface area (Å²) in [6.07, 6.45) is 4.48. The number of fused-ring (bicyclic) bond motifs is 1. The lowest BCUT2D eigenvalue weighted by Crippen LogP contribution is -2.42. The van der Waals surface area contributed by atoms with Crippen LogP contribution in [0.3, 0.4) is 0 Å². The minimum atomic E-state index is -0.694. The summed E-state index contributed by atoms with van der Waals surface area (Å²) < 4.78 is 23.2. The highest BCUT2D eigenvalue weighted by Gasteiger charge is 2.30. The molecule has 3 heterocycles. The van der Waals surface area contributed by atoms with Crippen LogP contribution < -0.4 is 9.47 Å². The first-order chi connectivity index (χ1) is 16.0. The van der Waals surface area contributed by atoms with Gasteiger partial charge in [-0.3, -0.25) is 4.79 Å². The molecule has 182 valence electrons. The fourth-order valence-corrected chi connectivity index (χ4v) is 4.71. The molecule has 33 heavy (non-hydrogen) atoms. The number of hydrogen-bond donors (Lipinski definition) is 1. The Kier molecular flexibility index (Phi) is 8.09. The van der Waals surface area contributed by atoms with Crippen molar-refractivity contribution in [1.29, 1.82) is 0 Å². The number of piperidine rings is 1.